The van der Waals surface area contributed by atoms with E-state index in [9.17, 15) is 25.0 Å². The molecule has 0 unspecified atom stereocenters. The summed E-state index contributed by atoms with van der Waals surface area (Å²) >= 11 is 5.87. The van der Waals surface area contributed by atoms with E-state index in [4.69, 9.17) is 21.1 Å². The summed E-state index contributed by atoms with van der Waals surface area (Å²) in [5.74, 6) is -0.456. The third-order valence-electron chi connectivity index (χ3n) is 4.45. The molecule has 33 heavy (non-hydrogen) atoms. The van der Waals surface area contributed by atoms with Gasteiger partial charge in [-0.1, -0.05) is 23.7 Å². The summed E-state index contributed by atoms with van der Waals surface area (Å²) in [4.78, 5) is 37.1. The van der Waals surface area contributed by atoms with E-state index in [1.807, 2.05) is 0 Å². The zero-order valence-corrected chi connectivity index (χ0v) is 17.3. The first-order valence-corrected chi connectivity index (χ1v) is 9.67. The van der Waals surface area contributed by atoms with Crippen molar-refractivity contribution in [2.45, 2.75) is 0 Å². The van der Waals surface area contributed by atoms with Gasteiger partial charge in [-0.25, -0.2) is 9.79 Å². The number of carbonyl (C=O) groups excluding carboxylic acids is 1. The first kappa shape index (κ1) is 21.7. The second-order valence-corrected chi connectivity index (χ2v) is 7.12. The summed E-state index contributed by atoms with van der Waals surface area (Å²) in [6.07, 6.45) is 1.47. The van der Waals surface area contributed by atoms with Crippen LogP contribution in [0.1, 0.15) is 11.1 Å². The molecule has 0 atom stereocenters. The zero-order valence-electron chi connectivity index (χ0n) is 16.5. The number of esters is 1. The lowest BCUT2D eigenvalue weighted by molar-refractivity contribution is -0.394. The van der Waals surface area contributed by atoms with E-state index >= 15 is 0 Å². The lowest BCUT2D eigenvalue weighted by atomic mass is 10.2. The molecular formula is C22H12ClN3O7. The monoisotopic (exact) mass is 465 g/mol. The quantitative estimate of drug-likeness (QED) is 0.209. The highest BCUT2D eigenvalue weighted by Gasteiger charge is 2.24. The number of nitro benzene ring substituents is 2. The smallest absolute Gasteiger partial charge is 0.363 e. The number of halogens is 1. The minimum atomic E-state index is -0.768. The predicted molar refractivity (Wildman–Crippen MR) is 118 cm³/mol. The van der Waals surface area contributed by atoms with Crippen molar-refractivity contribution < 1.29 is 24.1 Å². The summed E-state index contributed by atoms with van der Waals surface area (Å²) in [5.41, 5.74) is 0.174. The zero-order chi connectivity index (χ0) is 23.5. The van der Waals surface area contributed by atoms with Gasteiger partial charge in [0, 0.05) is 16.7 Å². The van der Waals surface area contributed by atoms with Crippen molar-refractivity contribution in [3.8, 4) is 11.5 Å². The van der Waals surface area contributed by atoms with Crippen LogP contribution in [0.4, 0.5) is 11.4 Å². The Labute approximate surface area is 190 Å². The number of ether oxygens (including phenoxy) is 2. The summed E-state index contributed by atoms with van der Waals surface area (Å²) in [7, 11) is 0. The molecule has 0 radical (unpaired) electrons. The molecule has 0 bridgehead atoms. The molecule has 10 nitrogen and oxygen atoms in total. The Morgan fingerprint density at radius 3 is 2.42 bits per heavy atom. The molecule has 1 heterocycles. The van der Waals surface area contributed by atoms with Crippen molar-refractivity contribution in [2.75, 3.05) is 0 Å². The van der Waals surface area contributed by atoms with Crippen LogP contribution < -0.4 is 4.74 Å². The first-order chi connectivity index (χ1) is 15.8. The van der Waals surface area contributed by atoms with Crippen molar-refractivity contribution >= 4 is 40.9 Å². The molecule has 0 saturated heterocycles. The van der Waals surface area contributed by atoms with E-state index in [1.165, 1.54) is 12.1 Å². The van der Waals surface area contributed by atoms with Crippen LogP contribution in [-0.4, -0.2) is 21.7 Å². The van der Waals surface area contributed by atoms with Gasteiger partial charge >= 0.3 is 11.7 Å². The van der Waals surface area contributed by atoms with Crippen molar-refractivity contribution in [1.29, 1.82) is 0 Å². The lowest BCUT2D eigenvalue weighted by Crippen LogP contribution is -2.05. The highest BCUT2D eigenvalue weighted by atomic mass is 35.5. The number of benzene rings is 3. The molecule has 11 heteroatoms. The molecule has 0 N–H and O–H groups in total. The normalized spacial score (nSPS) is 14.0. The molecule has 4 rings (SSSR count). The molecule has 0 spiro atoms. The number of hydrogen-bond donors (Lipinski definition) is 0. The van der Waals surface area contributed by atoms with E-state index in [2.05, 4.69) is 4.99 Å². The maximum Gasteiger partial charge on any atom is 0.363 e. The highest BCUT2D eigenvalue weighted by molar-refractivity contribution is 6.30. The number of rotatable bonds is 6. The van der Waals surface area contributed by atoms with Gasteiger partial charge in [0.1, 0.15) is 5.75 Å². The number of nitro groups is 2. The highest BCUT2D eigenvalue weighted by Crippen LogP contribution is 2.34. The maximum atomic E-state index is 12.2. The number of cyclic esters (lactones) is 1. The largest absolute Gasteiger partial charge is 0.450 e. The molecule has 0 aliphatic carbocycles. The van der Waals surface area contributed by atoms with Gasteiger partial charge in [-0.3, -0.25) is 20.2 Å². The van der Waals surface area contributed by atoms with Gasteiger partial charge in [0.15, 0.2) is 5.70 Å². The fourth-order valence-corrected chi connectivity index (χ4v) is 3.05. The van der Waals surface area contributed by atoms with Gasteiger partial charge in [0.2, 0.25) is 11.6 Å². The minimum absolute atomic E-state index is 0.0541. The van der Waals surface area contributed by atoms with Gasteiger partial charge in [0.05, 0.1) is 15.9 Å². The average molecular weight is 466 g/mol. The maximum absolute atomic E-state index is 12.2. The first-order valence-electron chi connectivity index (χ1n) is 9.29. The fraction of sp³-hybridized carbons (Fsp3) is 0. The van der Waals surface area contributed by atoms with E-state index < -0.39 is 27.2 Å². The molecule has 3 aromatic rings. The van der Waals surface area contributed by atoms with Crippen LogP contribution in [0, 0.1) is 20.2 Å². The average Bonchev–Trinajstić information content (AvgIpc) is 3.14. The van der Waals surface area contributed by atoms with E-state index in [1.54, 1.807) is 42.5 Å². The van der Waals surface area contributed by atoms with Crippen molar-refractivity contribution in [3.63, 3.8) is 0 Å². The minimum Gasteiger partial charge on any atom is -0.450 e. The fourth-order valence-electron chi connectivity index (χ4n) is 2.93. The Kier molecular flexibility index (Phi) is 5.83. The van der Waals surface area contributed by atoms with E-state index in [0.29, 0.717) is 16.1 Å². The topological polar surface area (TPSA) is 134 Å². The number of non-ortho nitro benzene ring substituents is 1. The van der Waals surface area contributed by atoms with Crippen molar-refractivity contribution in [2.24, 2.45) is 4.99 Å². The number of nitrogens with zero attached hydrogens (tertiary/aromatic N) is 3. The predicted octanol–water partition coefficient (Wildman–Crippen LogP) is 5.29. The number of aliphatic imine (C=N–C) groups is 1. The molecule has 0 amide bonds. The lowest BCUT2D eigenvalue weighted by Gasteiger charge is -2.07. The van der Waals surface area contributed by atoms with Crippen molar-refractivity contribution in [1.82, 2.24) is 0 Å². The Bertz CT molecular complexity index is 1350. The third-order valence-corrected chi connectivity index (χ3v) is 4.70. The number of hydrogen-bond acceptors (Lipinski definition) is 8. The summed E-state index contributed by atoms with van der Waals surface area (Å²) < 4.78 is 10.8. The molecule has 1 aliphatic heterocycles. The van der Waals surface area contributed by atoms with Gasteiger partial charge in [-0.15, -0.1) is 0 Å². The SMILES string of the molecule is O=C1OC(c2ccc(Cl)cc2)=N/C1=C/c1cccc(Oc2ccc([N+](=O)[O-])cc2[N+](=O)[O-])c1. The Morgan fingerprint density at radius 2 is 1.73 bits per heavy atom. The van der Waals surface area contributed by atoms with Crippen LogP contribution in [0.15, 0.2) is 77.4 Å². The summed E-state index contributed by atoms with van der Waals surface area (Å²) in [6.45, 7) is 0. The Morgan fingerprint density at radius 1 is 0.970 bits per heavy atom. The molecule has 3 aromatic carbocycles. The third kappa shape index (κ3) is 4.86. The summed E-state index contributed by atoms with van der Waals surface area (Å²) in [6, 6.07) is 16.1. The Hall–Kier alpha value is -4.57. The standard InChI is InChI=1S/C22H12ClN3O7/c23-15-6-4-14(5-7-15)21-24-18(22(27)33-21)11-13-2-1-3-17(10-13)32-20-9-8-16(25(28)29)12-19(20)26(30)31/h1-12H/b18-11+. The van der Waals surface area contributed by atoms with Gasteiger partial charge in [0.25, 0.3) is 5.69 Å². The van der Waals surface area contributed by atoms with Crippen LogP contribution in [0.3, 0.4) is 0 Å². The van der Waals surface area contributed by atoms with Crippen molar-refractivity contribution in [3.05, 3.63) is 109 Å². The van der Waals surface area contributed by atoms with Crippen LogP contribution in [0.2, 0.25) is 5.02 Å². The Balaban J connectivity index is 1.61. The second kappa shape index (κ2) is 8.89. The van der Waals surface area contributed by atoms with Crippen LogP contribution in [-0.2, 0) is 9.53 Å². The van der Waals surface area contributed by atoms with Gasteiger partial charge < -0.3 is 9.47 Å². The molecule has 0 aromatic heterocycles. The van der Waals surface area contributed by atoms with Gasteiger partial charge in [-0.05, 0) is 54.1 Å². The molecule has 1 aliphatic rings. The van der Waals surface area contributed by atoms with Gasteiger partial charge in [-0.2, -0.15) is 0 Å². The molecule has 0 fully saturated rings. The number of carbonyl (C=O) groups is 1. The molecule has 164 valence electrons. The molecule has 0 saturated carbocycles. The van der Waals surface area contributed by atoms with E-state index in [-0.39, 0.29) is 23.1 Å². The van der Waals surface area contributed by atoms with Crippen LogP contribution in [0.25, 0.3) is 6.08 Å². The second-order valence-electron chi connectivity index (χ2n) is 6.68. The van der Waals surface area contributed by atoms with Crippen LogP contribution >= 0.6 is 11.6 Å². The molecular weight excluding hydrogens is 454 g/mol. The van der Waals surface area contributed by atoms with Crippen LogP contribution in [0.5, 0.6) is 11.5 Å². The van der Waals surface area contributed by atoms with E-state index in [0.717, 1.165) is 18.2 Å². The summed E-state index contributed by atoms with van der Waals surface area (Å²) in [5, 5.41) is 22.7.